The number of aromatic nitrogens is 1. The molecule has 0 aliphatic carbocycles. The van der Waals surface area contributed by atoms with Crippen LogP contribution in [-0.2, 0) is 9.47 Å². The number of aromatic carboxylic acids is 1. The van der Waals surface area contributed by atoms with Crippen LogP contribution in [-0.4, -0.2) is 47.5 Å². The Morgan fingerprint density at radius 2 is 2.04 bits per heavy atom. The molecule has 0 saturated heterocycles. The molecule has 1 aromatic heterocycles. The van der Waals surface area contributed by atoms with Crippen molar-refractivity contribution >= 4 is 23.0 Å². The first-order valence-corrected chi connectivity index (χ1v) is 8.59. The van der Waals surface area contributed by atoms with Gasteiger partial charge < -0.3 is 24.9 Å². The van der Waals surface area contributed by atoms with E-state index in [2.05, 4.69) is 22.1 Å². The summed E-state index contributed by atoms with van der Waals surface area (Å²) in [5.74, 6) is 4.38. The highest BCUT2D eigenvalue weighted by atomic mass is 16.6. The average molecular weight is 386 g/mol. The van der Waals surface area contributed by atoms with Crippen LogP contribution in [0, 0.1) is 11.8 Å². The van der Waals surface area contributed by atoms with Crippen molar-refractivity contribution in [1.29, 1.82) is 0 Å². The summed E-state index contributed by atoms with van der Waals surface area (Å²) in [7, 11) is 0. The number of carbonyl (C=O) groups excluding carboxylic acids is 1. The fourth-order valence-corrected chi connectivity index (χ4v) is 2.26. The summed E-state index contributed by atoms with van der Waals surface area (Å²) in [6.45, 7) is 6.04. The first-order chi connectivity index (χ1) is 13.2. The largest absolute Gasteiger partial charge is 0.477 e. The van der Waals surface area contributed by atoms with Crippen molar-refractivity contribution in [1.82, 2.24) is 10.3 Å². The molecule has 0 aliphatic heterocycles. The zero-order chi connectivity index (χ0) is 20.7. The number of alkyl carbamates (subject to hydrolysis) is 1. The number of pyridine rings is 1. The van der Waals surface area contributed by atoms with Crippen LogP contribution in [0.4, 0.5) is 4.79 Å². The van der Waals surface area contributed by atoms with E-state index in [9.17, 15) is 14.4 Å². The third-order valence-corrected chi connectivity index (χ3v) is 3.43. The van der Waals surface area contributed by atoms with E-state index >= 15 is 0 Å². The Hall–Kier alpha value is -3.31. The number of ether oxygens (including phenoxy) is 2. The van der Waals surface area contributed by atoms with E-state index in [1.807, 2.05) is 0 Å². The maximum absolute atomic E-state index is 12.2. The maximum atomic E-state index is 12.2. The highest BCUT2D eigenvalue weighted by molar-refractivity contribution is 5.92. The predicted molar refractivity (Wildman–Crippen MR) is 103 cm³/mol. The molecular weight excluding hydrogens is 364 g/mol. The first kappa shape index (κ1) is 21.0. The van der Waals surface area contributed by atoms with Gasteiger partial charge in [-0.15, -0.1) is 0 Å². The van der Waals surface area contributed by atoms with Gasteiger partial charge in [0, 0.05) is 29.2 Å². The summed E-state index contributed by atoms with van der Waals surface area (Å²) in [4.78, 5) is 37.5. The van der Waals surface area contributed by atoms with E-state index in [1.165, 1.54) is 12.3 Å². The summed E-state index contributed by atoms with van der Waals surface area (Å²) in [6, 6.07) is 4.92. The van der Waals surface area contributed by atoms with Gasteiger partial charge in [-0.1, -0.05) is 11.8 Å². The molecule has 0 radical (unpaired) electrons. The lowest BCUT2D eigenvalue weighted by atomic mass is 10.1. The number of amides is 1. The van der Waals surface area contributed by atoms with Gasteiger partial charge in [-0.3, -0.25) is 4.79 Å². The Balaban J connectivity index is 1.88. The monoisotopic (exact) mass is 386 g/mol. The number of aromatic amines is 1. The van der Waals surface area contributed by atoms with Gasteiger partial charge in [0.05, 0.1) is 6.61 Å². The fraction of sp³-hybridized carbons (Fsp3) is 0.350. The van der Waals surface area contributed by atoms with E-state index < -0.39 is 23.1 Å². The number of carboxylic acid groups (broad SMARTS) is 1. The topological polar surface area (TPSA) is 118 Å². The minimum atomic E-state index is -1.28. The summed E-state index contributed by atoms with van der Waals surface area (Å²) in [5, 5.41) is 11.9. The minimum Gasteiger partial charge on any atom is -0.477 e. The molecule has 0 unspecified atom stereocenters. The molecule has 0 bridgehead atoms. The second-order valence-electron chi connectivity index (χ2n) is 6.88. The molecule has 28 heavy (non-hydrogen) atoms. The molecule has 1 aromatic carbocycles. The minimum absolute atomic E-state index is 0.138. The summed E-state index contributed by atoms with van der Waals surface area (Å²) in [6.07, 6.45) is 0.668. The third-order valence-electron chi connectivity index (χ3n) is 3.43. The van der Waals surface area contributed by atoms with Gasteiger partial charge in [-0.05, 0) is 39.0 Å². The van der Waals surface area contributed by atoms with Gasteiger partial charge in [0.1, 0.15) is 17.8 Å². The van der Waals surface area contributed by atoms with Crippen molar-refractivity contribution in [2.45, 2.75) is 26.4 Å². The van der Waals surface area contributed by atoms with Gasteiger partial charge in [0.2, 0.25) is 5.43 Å². The number of nitrogens with one attached hydrogen (secondary N) is 2. The van der Waals surface area contributed by atoms with E-state index in [4.69, 9.17) is 14.6 Å². The molecule has 8 nitrogen and oxygen atoms in total. The van der Waals surface area contributed by atoms with Crippen molar-refractivity contribution in [2.75, 3.05) is 19.8 Å². The molecule has 0 saturated carbocycles. The van der Waals surface area contributed by atoms with Crippen LogP contribution >= 0.6 is 0 Å². The summed E-state index contributed by atoms with van der Waals surface area (Å²) >= 11 is 0. The van der Waals surface area contributed by atoms with Gasteiger partial charge >= 0.3 is 12.1 Å². The molecule has 0 aliphatic rings. The normalized spacial score (nSPS) is 10.8. The lowest BCUT2D eigenvalue weighted by Crippen LogP contribution is -2.34. The Morgan fingerprint density at radius 3 is 2.71 bits per heavy atom. The van der Waals surface area contributed by atoms with E-state index in [0.717, 1.165) is 0 Å². The number of hydrogen-bond donors (Lipinski definition) is 3. The number of H-pyrrole nitrogens is 1. The van der Waals surface area contributed by atoms with Crippen molar-refractivity contribution in [2.24, 2.45) is 0 Å². The standard InChI is InChI=1S/C20H22N2O6/c1-20(2,3)28-19(26)21-8-10-27-9-4-5-13-6-7-16-14(11-13)17(23)15(12-22-16)18(24)25/h6-7,11-12H,8-10H2,1-3H3,(H,21,26)(H,22,23)(H,24,25). The van der Waals surface area contributed by atoms with Gasteiger partial charge in [-0.25, -0.2) is 9.59 Å². The van der Waals surface area contributed by atoms with Gasteiger partial charge in [0.15, 0.2) is 0 Å². The molecular formula is C20H22N2O6. The second kappa shape index (κ2) is 9.06. The molecule has 1 heterocycles. The smallest absolute Gasteiger partial charge is 0.407 e. The van der Waals surface area contributed by atoms with E-state index in [0.29, 0.717) is 17.6 Å². The molecule has 0 atom stereocenters. The zero-order valence-corrected chi connectivity index (χ0v) is 15.9. The molecule has 0 fully saturated rings. The molecule has 2 rings (SSSR count). The first-order valence-electron chi connectivity index (χ1n) is 8.59. The Bertz CT molecular complexity index is 992. The van der Waals surface area contributed by atoms with Crippen molar-refractivity contribution in [3.05, 3.63) is 45.7 Å². The number of carboxylic acids is 1. The van der Waals surface area contributed by atoms with Crippen molar-refractivity contribution in [3.8, 4) is 11.8 Å². The van der Waals surface area contributed by atoms with E-state index in [-0.39, 0.29) is 24.2 Å². The van der Waals surface area contributed by atoms with Gasteiger partial charge in [0.25, 0.3) is 0 Å². The lowest BCUT2D eigenvalue weighted by Gasteiger charge is -2.19. The maximum Gasteiger partial charge on any atom is 0.407 e. The number of rotatable bonds is 5. The highest BCUT2D eigenvalue weighted by Gasteiger charge is 2.15. The molecule has 8 heteroatoms. The third kappa shape index (κ3) is 6.14. The van der Waals surface area contributed by atoms with Crippen molar-refractivity contribution in [3.63, 3.8) is 0 Å². The van der Waals surface area contributed by atoms with Crippen LogP contribution in [0.5, 0.6) is 0 Å². The number of benzene rings is 1. The van der Waals surface area contributed by atoms with Crippen LogP contribution in [0.25, 0.3) is 10.9 Å². The average Bonchev–Trinajstić information content (AvgIpc) is 2.59. The Kier molecular flexibility index (Phi) is 6.79. The SMILES string of the molecule is CC(C)(C)OC(=O)NCCOCC#Cc1ccc2[nH]cc(C(=O)O)c(=O)c2c1. The van der Waals surface area contributed by atoms with Crippen LogP contribution in [0.2, 0.25) is 0 Å². The van der Waals surface area contributed by atoms with Crippen LogP contribution in [0.3, 0.4) is 0 Å². The van der Waals surface area contributed by atoms with Crippen molar-refractivity contribution < 1.29 is 24.2 Å². The highest BCUT2D eigenvalue weighted by Crippen LogP contribution is 2.10. The number of hydrogen-bond acceptors (Lipinski definition) is 5. The van der Waals surface area contributed by atoms with Crippen LogP contribution in [0.1, 0.15) is 36.7 Å². The molecule has 3 N–H and O–H groups in total. The lowest BCUT2D eigenvalue weighted by molar-refractivity contribution is 0.0506. The summed E-state index contributed by atoms with van der Waals surface area (Å²) < 4.78 is 10.4. The Morgan fingerprint density at radius 1 is 1.29 bits per heavy atom. The number of fused-ring (bicyclic) bond motifs is 1. The zero-order valence-electron chi connectivity index (χ0n) is 15.9. The predicted octanol–water partition coefficient (Wildman–Crippen LogP) is 2.12. The molecule has 1 amide bonds. The quantitative estimate of drug-likeness (QED) is 0.535. The Labute approximate surface area is 161 Å². The van der Waals surface area contributed by atoms with E-state index in [1.54, 1.807) is 32.9 Å². The van der Waals surface area contributed by atoms with Crippen LogP contribution < -0.4 is 10.7 Å². The molecule has 2 aromatic rings. The summed E-state index contributed by atoms with van der Waals surface area (Å²) in [5.41, 5.74) is -0.336. The number of carbonyl (C=O) groups is 2. The fourth-order valence-electron chi connectivity index (χ4n) is 2.26. The van der Waals surface area contributed by atoms with Gasteiger partial charge in [-0.2, -0.15) is 0 Å². The molecule has 0 spiro atoms. The second-order valence-corrected chi connectivity index (χ2v) is 6.88. The van der Waals surface area contributed by atoms with Crippen LogP contribution in [0.15, 0.2) is 29.2 Å². The molecule has 148 valence electrons.